The van der Waals surface area contributed by atoms with Crippen molar-refractivity contribution in [3.8, 4) is 0 Å². The van der Waals surface area contributed by atoms with Crippen LogP contribution in [-0.4, -0.2) is 42.9 Å². The fraction of sp³-hybridized carbons (Fsp3) is 0.467. The fourth-order valence-corrected chi connectivity index (χ4v) is 1.79. The Hall–Kier alpha value is -1.59. The number of hydrogen-bond donors (Lipinski definition) is 2. The van der Waals surface area contributed by atoms with Crippen LogP contribution in [0, 0.1) is 0 Å². The molecule has 0 saturated carbocycles. The van der Waals surface area contributed by atoms with Gasteiger partial charge in [-0.1, -0.05) is 18.5 Å². The molecule has 6 heteroatoms. The van der Waals surface area contributed by atoms with Gasteiger partial charge in [-0.2, -0.15) is 0 Å². The molecule has 0 aromatic heterocycles. The van der Waals surface area contributed by atoms with Crippen LogP contribution in [0.5, 0.6) is 0 Å². The van der Waals surface area contributed by atoms with Crippen LogP contribution in [0.25, 0.3) is 0 Å². The maximum atomic E-state index is 12.1. The number of nitrogens with one attached hydrogen (secondary N) is 2. The predicted octanol–water partition coefficient (Wildman–Crippen LogP) is 2.12. The molecule has 0 aliphatic heterocycles. The number of amides is 2. The number of nitrogens with zero attached hydrogens (tertiary/aromatic N) is 1. The third kappa shape index (κ3) is 6.14. The Bertz CT molecular complexity index is 476. The lowest BCUT2D eigenvalue weighted by Crippen LogP contribution is -2.44. The first kappa shape index (κ1) is 17.5. The lowest BCUT2D eigenvalue weighted by atomic mass is 10.2. The van der Waals surface area contributed by atoms with Crippen LogP contribution in [0.3, 0.4) is 0 Å². The van der Waals surface area contributed by atoms with Crippen molar-refractivity contribution < 1.29 is 9.59 Å². The molecular formula is C15H22ClN3O2. The first-order chi connectivity index (χ1) is 9.93. The average molecular weight is 312 g/mol. The third-order valence-electron chi connectivity index (χ3n) is 3.12. The van der Waals surface area contributed by atoms with Gasteiger partial charge >= 0.3 is 0 Å². The Balaban J connectivity index is 2.49. The van der Waals surface area contributed by atoms with E-state index in [0.29, 0.717) is 17.3 Å². The van der Waals surface area contributed by atoms with E-state index in [1.165, 1.54) is 0 Å². The lowest BCUT2D eigenvalue weighted by Gasteiger charge is -2.23. The quantitative estimate of drug-likeness (QED) is 0.811. The molecule has 1 atom stereocenters. The number of carbonyl (C=O) groups excluding carboxylic acids is 2. The highest BCUT2D eigenvalue weighted by Gasteiger charge is 2.20. The number of benzene rings is 1. The molecule has 1 rings (SSSR count). The monoisotopic (exact) mass is 311 g/mol. The molecule has 0 aliphatic rings. The van der Waals surface area contributed by atoms with Gasteiger partial charge in [-0.05, 0) is 44.7 Å². The van der Waals surface area contributed by atoms with E-state index in [1.807, 2.05) is 6.92 Å². The largest absolute Gasteiger partial charge is 0.355 e. The second kappa shape index (κ2) is 8.64. The summed E-state index contributed by atoms with van der Waals surface area (Å²) in [6.45, 7) is 4.60. The summed E-state index contributed by atoms with van der Waals surface area (Å²) in [6, 6.07) is 6.49. The van der Waals surface area contributed by atoms with E-state index >= 15 is 0 Å². The number of halogens is 1. The first-order valence-electron chi connectivity index (χ1n) is 6.97. The molecule has 0 bridgehead atoms. The van der Waals surface area contributed by atoms with E-state index in [2.05, 4.69) is 10.6 Å². The summed E-state index contributed by atoms with van der Waals surface area (Å²) in [6.07, 6.45) is 0.891. The van der Waals surface area contributed by atoms with Crippen molar-refractivity contribution >= 4 is 29.1 Å². The van der Waals surface area contributed by atoms with E-state index in [9.17, 15) is 9.59 Å². The zero-order chi connectivity index (χ0) is 15.8. The summed E-state index contributed by atoms with van der Waals surface area (Å²) in [5.41, 5.74) is 0.681. The minimum atomic E-state index is -0.409. The highest BCUT2D eigenvalue weighted by Crippen LogP contribution is 2.14. The van der Waals surface area contributed by atoms with Crippen molar-refractivity contribution in [1.82, 2.24) is 10.2 Å². The minimum absolute atomic E-state index is 0.0782. The maximum absolute atomic E-state index is 12.1. The van der Waals surface area contributed by atoms with Crippen molar-refractivity contribution in [2.45, 2.75) is 26.3 Å². The van der Waals surface area contributed by atoms with E-state index in [4.69, 9.17) is 11.6 Å². The maximum Gasteiger partial charge on any atom is 0.241 e. The van der Waals surface area contributed by atoms with E-state index < -0.39 is 6.04 Å². The molecule has 1 aromatic rings. The lowest BCUT2D eigenvalue weighted by molar-refractivity contribution is -0.124. The Labute approximate surface area is 130 Å². The highest BCUT2D eigenvalue weighted by atomic mass is 35.5. The van der Waals surface area contributed by atoms with E-state index in [0.717, 1.165) is 6.42 Å². The molecule has 2 amide bonds. The van der Waals surface area contributed by atoms with Gasteiger partial charge in [0.05, 0.1) is 12.6 Å². The molecule has 0 aliphatic carbocycles. The van der Waals surface area contributed by atoms with Gasteiger partial charge in [-0.15, -0.1) is 0 Å². The zero-order valence-electron chi connectivity index (χ0n) is 12.6. The van der Waals surface area contributed by atoms with Crippen molar-refractivity contribution in [2.24, 2.45) is 0 Å². The van der Waals surface area contributed by atoms with Crippen LogP contribution in [-0.2, 0) is 9.59 Å². The van der Waals surface area contributed by atoms with Gasteiger partial charge in [-0.3, -0.25) is 14.5 Å². The van der Waals surface area contributed by atoms with Gasteiger partial charge in [0.2, 0.25) is 11.8 Å². The van der Waals surface area contributed by atoms with Crippen molar-refractivity contribution in [2.75, 3.05) is 25.5 Å². The summed E-state index contributed by atoms with van der Waals surface area (Å²) in [5, 5.41) is 6.20. The van der Waals surface area contributed by atoms with E-state index in [-0.39, 0.29) is 18.4 Å². The molecule has 0 saturated heterocycles. The Morgan fingerprint density at radius 3 is 2.48 bits per heavy atom. The van der Waals surface area contributed by atoms with Gasteiger partial charge in [0.15, 0.2) is 0 Å². The second-order valence-electron chi connectivity index (χ2n) is 4.94. The van der Waals surface area contributed by atoms with Gasteiger partial charge in [0.25, 0.3) is 0 Å². The molecule has 0 unspecified atom stereocenters. The molecule has 0 radical (unpaired) electrons. The molecular weight excluding hydrogens is 290 g/mol. The summed E-state index contributed by atoms with van der Waals surface area (Å²) >= 11 is 5.79. The van der Waals surface area contributed by atoms with Gasteiger partial charge in [0, 0.05) is 17.3 Å². The summed E-state index contributed by atoms with van der Waals surface area (Å²) in [5.74, 6) is -0.242. The number of likely N-dealkylation sites (N-methyl/N-ethyl adjacent to an activating group) is 1. The Morgan fingerprint density at radius 2 is 1.90 bits per heavy atom. The van der Waals surface area contributed by atoms with Crippen molar-refractivity contribution in [3.63, 3.8) is 0 Å². The molecule has 0 fully saturated rings. The van der Waals surface area contributed by atoms with Gasteiger partial charge < -0.3 is 10.6 Å². The zero-order valence-corrected chi connectivity index (χ0v) is 13.4. The van der Waals surface area contributed by atoms with Gasteiger partial charge in [0.1, 0.15) is 0 Å². The Kier molecular flexibility index (Phi) is 7.19. The fourth-order valence-electron chi connectivity index (χ4n) is 1.66. The number of carbonyl (C=O) groups is 2. The molecule has 1 aromatic carbocycles. The molecule has 0 spiro atoms. The summed E-state index contributed by atoms with van der Waals surface area (Å²) < 4.78 is 0. The molecule has 2 N–H and O–H groups in total. The van der Waals surface area contributed by atoms with E-state index in [1.54, 1.807) is 43.1 Å². The smallest absolute Gasteiger partial charge is 0.241 e. The third-order valence-corrected chi connectivity index (χ3v) is 3.37. The molecule has 21 heavy (non-hydrogen) atoms. The normalized spacial score (nSPS) is 12.0. The molecule has 116 valence electrons. The average Bonchev–Trinajstić information content (AvgIpc) is 2.46. The van der Waals surface area contributed by atoms with Crippen molar-refractivity contribution in [1.29, 1.82) is 0 Å². The van der Waals surface area contributed by atoms with Crippen LogP contribution < -0.4 is 10.6 Å². The second-order valence-corrected chi connectivity index (χ2v) is 5.37. The minimum Gasteiger partial charge on any atom is -0.355 e. The Morgan fingerprint density at radius 1 is 1.29 bits per heavy atom. The van der Waals surface area contributed by atoms with Crippen LogP contribution in [0.15, 0.2) is 24.3 Å². The predicted molar refractivity (Wildman–Crippen MR) is 85.5 cm³/mol. The number of hydrogen-bond acceptors (Lipinski definition) is 3. The molecule has 0 heterocycles. The highest BCUT2D eigenvalue weighted by molar-refractivity contribution is 6.30. The van der Waals surface area contributed by atoms with Crippen LogP contribution in [0.1, 0.15) is 20.3 Å². The first-order valence-corrected chi connectivity index (χ1v) is 7.35. The number of anilines is 1. The number of rotatable bonds is 7. The van der Waals surface area contributed by atoms with Crippen LogP contribution in [0.2, 0.25) is 5.02 Å². The summed E-state index contributed by atoms with van der Waals surface area (Å²) in [4.78, 5) is 25.5. The molecule has 5 nitrogen and oxygen atoms in total. The standard InChI is InChI=1S/C15H22ClN3O2/c1-4-9-17-14(20)10-19(3)11(2)15(21)18-13-7-5-12(16)6-8-13/h5-8,11H,4,9-10H2,1-3H3,(H,17,20)(H,18,21)/t11-/m0/s1. The van der Waals surface area contributed by atoms with Crippen LogP contribution >= 0.6 is 11.6 Å². The van der Waals surface area contributed by atoms with Crippen LogP contribution in [0.4, 0.5) is 5.69 Å². The van der Waals surface area contributed by atoms with Gasteiger partial charge in [-0.25, -0.2) is 0 Å². The SMILES string of the molecule is CCCNC(=O)CN(C)[C@@H](C)C(=O)Nc1ccc(Cl)cc1. The summed E-state index contributed by atoms with van der Waals surface area (Å²) in [7, 11) is 1.75. The topological polar surface area (TPSA) is 61.4 Å². The van der Waals surface area contributed by atoms with Crippen molar-refractivity contribution in [3.05, 3.63) is 29.3 Å².